The largest absolute Gasteiger partial charge is 0.387 e. The number of anilines is 1. The van der Waals surface area contributed by atoms with Gasteiger partial charge < -0.3 is 15.7 Å². The maximum absolute atomic E-state index is 12.1. The van der Waals surface area contributed by atoms with Crippen LogP contribution >= 0.6 is 0 Å². The number of sulfonamides is 1. The predicted octanol–water partition coefficient (Wildman–Crippen LogP) is -0.352. The summed E-state index contributed by atoms with van der Waals surface area (Å²) in [5, 5.41) is 15.7. The van der Waals surface area contributed by atoms with Crippen LogP contribution in [0, 0.1) is 0 Å². The van der Waals surface area contributed by atoms with E-state index in [4.69, 9.17) is 0 Å². The van der Waals surface area contributed by atoms with Crippen molar-refractivity contribution in [1.82, 2.24) is 10.0 Å². The van der Waals surface area contributed by atoms with E-state index >= 15 is 0 Å². The van der Waals surface area contributed by atoms with Crippen molar-refractivity contribution in [2.24, 2.45) is 0 Å². The molecule has 1 aromatic rings. The van der Waals surface area contributed by atoms with Gasteiger partial charge in [0.1, 0.15) is 0 Å². The van der Waals surface area contributed by atoms with Gasteiger partial charge in [-0.3, -0.25) is 4.79 Å². The molecule has 0 aromatic heterocycles. The van der Waals surface area contributed by atoms with Crippen LogP contribution in [0.5, 0.6) is 0 Å². The lowest BCUT2D eigenvalue weighted by atomic mass is 10.1. The van der Waals surface area contributed by atoms with Gasteiger partial charge in [-0.05, 0) is 37.2 Å². The number of aliphatic hydroxyl groups is 1. The summed E-state index contributed by atoms with van der Waals surface area (Å²) in [5.74, 6) is -0.223. The molecule has 1 aliphatic rings. The minimum absolute atomic E-state index is 0.0320. The predicted molar refractivity (Wildman–Crippen MR) is 78.4 cm³/mol. The van der Waals surface area contributed by atoms with Crippen molar-refractivity contribution in [3.8, 4) is 0 Å². The highest BCUT2D eigenvalue weighted by Gasteiger charge is 2.32. The Bertz CT molecular complexity index is 607. The van der Waals surface area contributed by atoms with Crippen LogP contribution in [0.1, 0.15) is 13.3 Å². The lowest BCUT2D eigenvalue weighted by molar-refractivity contribution is -0.114. The lowest BCUT2D eigenvalue weighted by Gasteiger charge is -2.21. The number of rotatable bonds is 5. The third-order valence-electron chi connectivity index (χ3n) is 3.30. The van der Waals surface area contributed by atoms with Gasteiger partial charge in [0.2, 0.25) is 15.9 Å². The van der Waals surface area contributed by atoms with E-state index in [1.54, 1.807) is 0 Å². The minimum atomic E-state index is -3.68. The highest BCUT2D eigenvalue weighted by Crippen LogP contribution is 2.16. The summed E-state index contributed by atoms with van der Waals surface area (Å²) in [6.07, 6.45) is 0.511. The molecule has 0 spiro atoms. The van der Waals surface area contributed by atoms with E-state index in [2.05, 4.69) is 15.4 Å². The van der Waals surface area contributed by atoms with Crippen molar-refractivity contribution < 1.29 is 18.3 Å². The highest BCUT2D eigenvalue weighted by molar-refractivity contribution is 7.89. The molecule has 1 heterocycles. The maximum atomic E-state index is 12.1. The quantitative estimate of drug-likeness (QED) is 0.594. The normalized spacial score (nSPS) is 22.2. The molecule has 1 fully saturated rings. The van der Waals surface area contributed by atoms with Crippen molar-refractivity contribution in [3.05, 3.63) is 24.3 Å². The second-order valence-electron chi connectivity index (χ2n) is 5.18. The summed E-state index contributed by atoms with van der Waals surface area (Å²) in [5.41, 5.74) is -0.511. The molecular weight excluding hydrogens is 294 g/mol. The summed E-state index contributed by atoms with van der Waals surface area (Å²) in [6, 6.07) is 5.85. The minimum Gasteiger partial charge on any atom is -0.387 e. The van der Waals surface area contributed by atoms with Gasteiger partial charge in [-0.1, -0.05) is 0 Å². The second-order valence-corrected chi connectivity index (χ2v) is 6.95. The fraction of sp³-hybridized carbons (Fsp3) is 0.462. The first kappa shape index (κ1) is 15.9. The Kier molecular flexibility index (Phi) is 4.62. The van der Waals surface area contributed by atoms with Gasteiger partial charge in [-0.25, -0.2) is 13.1 Å². The Morgan fingerprint density at radius 2 is 2.05 bits per heavy atom. The first-order chi connectivity index (χ1) is 9.81. The number of carbonyl (C=O) groups excluding carboxylic acids is 1. The zero-order valence-corrected chi connectivity index (χ0v) is 12.5. The zero-order chi connectivity index (χ0) is 15.5. The summed E-state index contributed by atoms with van der Waals surface area (Å²) < 4.78 is 26.7. The summed E-state index contributed by atoms with van der Waals surface area (Å²) in [4.78, 5) is 11.0. The Hall–Kier alpha value is -1.48. The molecular formula is C13H19N3O4S. The molecule has 1 aliphatic heterocycles. The first-order valence-corrected chi connectivity index (χ1v) is 8.10. The fourth-order valence-corrected chi connectivity index (χ4v) is 3.23. The van der Waals surface area contributed by atoms with Gasteiger partial charge >= 0.3 is 0 Å². The average Bonchev–Trinajstić information content (AvgIpc) is 2.84. The topological polar surface area (TPSA) is 108 Å². The van der Waals surface area contributed by atoms with E-state index in [0.29, 0.717) is 25.2 Å². The van der Waals surface area contributed by atoms with E-state index in [-0.39, 0.29) is 17.3 Å². The second kappa shape index (κ2) is 6.10. The van der Waals surface area contributed by atoms with Crippen LogP contribution in [0.15, 0.2) is 29.2 Å². The van der Waals surface area contributed by atoms with E-state index in [1.807, 2.05) is 0 Å². The van der Waals surface area contributed by atoms with E-state index in [1.165, 1.54) is 31.2 Å². The monoisotopic (exact) mass is 313 g/mol. The molecule has 4 N–H and O–H groups in total. The van der Waals surface area contributed by atoms with Gasteiger partial charge in [0, 0.05) is 25.7 Å². The van der Waals surface area contributed by atoms with Gasteiger partial charge in [-0.15, -0.1) is 0 Å². The molecule has 8 heteroatoms. The van der Waals surface area contributed by atoms with Crippen molar-refractivity contribution in [2.45, 2.75) is 23.8 Å². The number of hydrogen-bond donors (Lipinski definition) is 4. The molecule has 21 heavy (non-hydrogen) atoms. The fourth-order valence-electron chi connectivity index (χ4n) is 2.11. The maximum Gasteiger partial charge on any atom is 0.240 e. The smallest absolute Gasteiger partial charge is 0.240 e. The van der Waals surface area contributed by atoms with E-state index < -0.39 is 15.6 Å². The standard InChI is InChI=1S/C13H19N3O4S/c1-10(17)16-11-2-4-12(5-3-11)21(19,20)15-9-13(18)6-7-14-8-13/h2-5,14-15,18H,6-9H2,1H3,(H,16,17). The van der Waals surface area contributed by atoms with Crippen LogP contribution in [0.3, 0.4) is 0 Å². The summed E-state index contributed by atoms with van der Waals surface area (Å²) in [7, 11) is -3.68. The van der Waals surface area contributed by atoms with Gasteiger partial charge in [0.25, 0.3) is 0 Å². The molecule has 1 unspecified atom stereocenters. The molecule has 0 saturated carbocycles. The Balaban J connectivity index is 2.03. The zero-order valence-electron chi connectivity index (χ0n) is 11.7. The van der Waals surface area contributed by atoms with Crippen LogP contribution in [0.25, 0.3) is 0 Å². The van der Waals surface area contributed by atoms with Crippen molar-refractivity contribution in [1.29, 1.82) is 0 Å². The molecule has 116 valence electrons. The Labute approximate surface area is 123 Å². The number of nitrogens with one attached hydrogen (secondary N) is 3. The lowest BCUT2D eigenvalue weighted by Crippen LogP contribution is -2.44. The third-order valence-corrected chi connectivity index (χ3v) is 4.71. The molecule has 0 aliphatic carbocycles. The molecule has 1 aromatic carbocycles. The van der Waals surface area contributed by atoms with Crippen LogP contribution in [-0.2, 0) is 14.8 Å². The first-order valence-electron chi connectivity index (χ1n) is 6.61. The van der Waals surface area contributed by atoms with Crippen LogP contribution in [-0.4, -0.2) is 44.7 Å². The van der Waals surface area contributed by atoms with Gasteiger partial charge in [-0.2, -0.15) is 0 Å². The molecule has 2 rings (SSSR count). The third kappa shape index (κ3) is 4.24. The number of hydrogen-bond acceptors (Lipinski definition) is 5. The van der Waals surface area contributed by atoms with Crippen LogP contribution in [0.4, 0.5) is 5.69 Å². The summed E-state index contributed by atoms with van der Waals surface area (Å²) >= 11 is 0. The SMILES string of the molecule is CC(=O)Nc1ccc(S(=O)(=O)NCC2(O)CCNC2)cc1. The molecule has 1 saturated heterocycles. The van der Waals surface area contributed by atoms with Gasteiger partial charge in [0.15, 0.2) is 0 Å². The van der Waals surface area contributed by atoms with Crippen molar-refractivity contribution >= 4 is 21.6 Å². The number of amides is 1. The summed E-state index contributed by atoms with van der Waals surface area (Å²) in [6.45, 7) is 2.39. The Morgan fingerprint density at radius 1 is 1.38 bits per heavy atom. The number of carbonyl (C=O) groups is 1. The van der Waals surface area contributed by atoms with Crippen molar-refractivity contribution in [2.75, 3.05) is 25.0 Å². The average molecular weight is 313 g/mol. The highest BCUT2D eigenvalue weighted by atomic mass is 32.2. The van der Waals surface area contributed by atoms with E-state index in [0.717, 1.165) is 0 Å². The molecule has 1 atom stereocenters. The van der Waals surface area contributed by atoms with Crippen LogP contribution < -0.4 is 15.4 Å². The Morgan fingerprint density at radius 3 is 2.57 bits per heavy atom. The molecule has 0 bridgehead atoms. The number of benzene rings is 1. The van der Waals surface area contributed by atoms with Crippen LogP contribution in [0.2, 0.25) is 0 Å². The molecule has 7 nitrogen and oxygen atoms in total. The molecule has 0 radical (unpaired) electrons. The number of β-amino-alcohol motifs (C(OH)–C–C–N with tert-alkyl or cyclic N) is 1. The van der Waals surface area contributed by atoms with Crippen molar-refractivity contribution in [3.63, 3.8) is 0 Å². The van der Waals surface area contributed by atoms with E-state index in [9.17, 15) is 18.3 Å². The molecule has 1 amide bonds. The van der Waals surface area contributed by atoms with Gasteiger partial charge in [0.05, 0.1) is 10.5 Å².